The maximum atomic E-state index is 12.3. The van der Waals surface area contributed by atoms with Crippen molar-refractivity contribution in [1.82, 2.24) is 4.72 Å². The third-order valence-corrected chi connectivity index (χ3v) is 5.83. The highest BCUT2D eigenvalue weighted by Crippen LogP contribution is 2.43. The Hall–Kier alpha value is -1.38. The van der Waals surface area contributed by atoms with Crippen LogP contribution in [0.2, 0.25) is 0 Å². The van der Waals surface area contributed by atoms with E-state index in [9.17, 15) is 8.42 Å². The molecule has 1 saturated carbocycles. The van der Waals surface area contributed by atoms with Crippen molar-refractivity contribution >= 4 is 10.0 Å². The number of sulfonamides is 1. The van der Waals surface area contributed by atoms with Crippen LogP contribution in [-0.2, 0) is 10.0 Å². The Balaban J connectivity index is 2.14. The summed E-state index contributed by atoms with van der Waals surface area (Å²) >= 11 is 0. The third-order valence-electron chi connectivity index (χ3n) is 4.43. The number of benzene rings is 1. The third kappa shape index (κ3) is 2.87. The van der Waals surface area contributed by atoms with Gasteiger partial charge in [-0.1, -0.05) is 13.3 Å². The molecule has 0 unspecified atom stereocenters. The molecule has 1 aliphatic rings. The van der Waals surface area contributed by atoms with E-state index in [2.05, 4.69) is 11.6 Å². The van der Waals surface area contributed by atoms with Crippen molar-refractivity contribution in [3.63, 3.8) is 0 Å². The van der Waals surface area contributed by atoms with E-state index in [1.54, 1.807) is 19.1 Å². The minimum Gasteiger partial charge on any atom is -0.211 e. The Labute approximate surface area is 120 Å². The van der Waals surface area contributed by atoms with Gasteiger partial charge in [0.1, 0.15) is 0 Å². The number of aryl methyl sites for hydroxylation is 1. The van der Waals surface area contributed by atoms with Gasteiger partial charge in [-0.05, 0) is 55.4 Å². The topological polar surface area (TPSA) is 70.0 Å². The molecule has 0 amide bonds. The van der Waals surface area contributed by atoms with Gasteiger partial charge in [0, 0.05) is 6.54 Å². The van der Waals surface area contributed by atoms with Crippen molar-refractivity contribution in [2.24, 2.45) is 5.41 Å². The lowest BCUT2D eigenvalue weighted by molar-refractivity contribution is 0.133. The first-order chi connectivity index (χ1) is 9.42. The van der Waals surface area contributed by atoms with Gasteiger partial charge in [-0.25, -0.2) is 13.1 Å². The molecule has 1 N–H and O–H groups in total. The second-order valence-electron chi connectivity index (χ2n) is 5.62. The molecule has 0 aromatic heterocycles. The van der Waals surface area contributed by atoms with Crippen LogP contribution >= 0.6 is 0 Å². The number of hydrogen-bond acceptors (Lipinski definition) is 3. The zero-order chi connectivity index (χ0) is 14.8. The molecule has 0 atom stereocenters. The summed E-state index contributed by atoms with van der Waals surface area (Å²) in [7, 11) is -3.49. The minimum atomic E-state index is -3.49. The predicted molar refractivity (Wildman–Crippen MR) is 77.7 cm³/mol. The van der Waals surface area contributed by atoms with Gasteiger partial charge < -0.3 is 0 Å². The number of nitrogens with zero attached hydrogens (tertiary/aromatic N) is 1. The monoisotopic (exact) mass is 292 g/mol. The molecule has 1 fully saturated rings. The molecule has 0 heterocycles. The summed E-state index contributed by atoms with van der Waals surface area (Å²) in [6.07, 6.45) is 4.38. The van der Waals surface area contributed by atoms with Gasteiger partial charge in [0.05, 0.1) is 16.5 Å². The van der Waals surface area contributed by atoms with Crippen molar-refractivity contribution < 1.29 is 8.42 Å². The molecule has 4 nitrogen and oxygen atoms in total. The first-order valence-corrected chi connectivity index (χ1v) is 8.41. The molecular weight excluding hydrogens is 272 g/mol. The first-order valence-electron chi connectivity index (χ1n) is 6.93. The number of nitriles is 1. The highest BCUT2D eigenvalue weighted by atomic mass is 32.2. The second kappa shape index (κ2) is 5.55. The standard InChI is InChI=1S/C15H20N2O2S/c1-3-15(7-4-8-15)11-17-20(18,19)14-6-5-13(10-16)12(2)9-14/h5-6,9,17H,3-4,7-8,11H2,1-2H3. The highest BCUT2D eigenvalue weighted by Gasteiger charge is 2.36. The van der Waals surface area contributed by atoms with Crippen LogP contribution in [0.4, 0.5) is 0 Å². The largest absolute Gasteiger partial charge is 0.240 e. The molecule has 108 valence electrons. The van der Waals surface area contributed by atoms with Crippen molar-refractivity contribution in [3.8, 4) is 6.07 Å². The van der Waals surface area contributed by atoms with E-state index in [-0.39, 0.29) is 10.3 Å². The fraction of sp³-hybridized carbons (Fsp3) is 0.533. The summed E-state index contributed by atoms with van der Waals surface area (Å²) < 4.78 is 27.3. The van der Waals surface area contributed by atoms with E-state index in [0.717, 1.165) is 19.3 Å². The van der Waals surface area contributed by atoms with Crippen LogP contribution in [0, 0.1) is 23.7 Å². The molecular formula is C15H20N2O2S. The Morgan fingerprint density at radius 3 is 2.55 bits per heavy atom. The van der Waals surface area contributed by atoms with E-state index in [0.29, 0.717) is 17.7 Å². The van der Waals surface area contributed by atoms with Gasteiger partial charge in [-0.15, -0.1) is 0 Å². The molecule has 1 aliphatic carbocycles. The molecule has 0 bridgehead atoms. The molecule has 1 aromatic rings. The summed E-state index contributed by atoms with van der Waals surface area (Å²) in [5.41, 5.74) is 1.34. The van der Waals surface area contributed by atoms with Gasteiger partial charge in [0.15, 0.2) is 0 Å². The molecule has 20 heavy (non-hydrogen) atoms. The van der Waals surface area contributed by atoms with E-state index in [4.69, 9.17) is 5.26 Å². The van der Waals surface area contributed by atoms with Gasteiger partial charge in [0.25, 0.3) is 0 Å². The lowest BCUT2D eigenvalue weighted by atomic mass is 9.67. The normalized spacial score (nSPS) is 17.2. The van der Waals surface area contributed by atoms with Crippen LogP contribution < -0.4 is 4.72 Å². The molecule has 0 saturated heterocycles. The lowest BCUT2D eigenvalue weighted by Gasteiger charge is -2.41. The molecule has 0 radical (unpaired) electrons. The van der Waals surface area contributed by atoms with Crippen LogP contribution in [0.25, 0.3) is 0 Å². The summed E-state index contributed by atoms with van der Waals surface area (Å²) in [5.74, 6) is 0. The number of hydrogen-bond donors (Lipinski definition) is 1. The quantitative estimate of drug-likeness (QED) is 0.907. The zero-order valence-electron chi connectivity index (χ0n) is 11.9. The van der Waals surface area contributed by atoms with Crippen molar-refractivity contribution in [1.29, 1.82) is 5.26 Å². The Kier molecular flexibility index (Phi) is 4.17. The van der Waals surface area contributed by atoms with E-state index in [1.165, 1.54) is 12.5 Å². The van der Waals surface area contributed by atoms with Gasteiger partial charge in [-0.2, -0.15) is 5.26 Å². The van der Waals surface area contributed by atoms with Crippen molar-refractivity contribution in [2.45, 2.75) is 44.4 Å². The van der Waals surface area contributed by atoms with Gasteiger partial charge in [0.2, 0.25) is 10.0 Å². The molecule has 5 heteroatoms. The first kappa shape index (κ1) is 15.0. The fourth-order valence-electron chi connectivity index (χ4n) is 2.59. The van der Waals surface area contributed by atoms with Gasteiger partial charge >= 0.3 is 0 Å². The Morgan fingerprint density at radius 1 is 1.40 bits per heavy atom. The lowest BCUT2D eigenvalue weighted by Crippen LogP contribution is -2.41. The maximum absolute atomic E-state index is 12.3. The average molecular weight is 292 g/mol. The summed E-state index contributed by atoms with van der Waals surface area (Å²) in [5, 5.41) is 8.88. The molecule has 0 spiro atoms. The maximum Gasteiger partial charge on any atom is 0.240 e. The predicted octanol–water partition coefficient (Wildman–Crippen LogP) is 2.73. The SMILES string of the molecule is CCC1(CNS(=O)(=O)c2ccc(C#N)c(C)c2)CCC1. The van der Waals surface area contributed by atoms with Crippen LogP contribution in [-0.4, -0.2) is 15.0 Å². The second-order valence-corrected chi connectivity index (χ2v) is 7.39. The molecule has 0 aliphatic heterocycles. The Morgan fingerprint density at radius 2 is 2.10 bits per heavy atom. The molecule has 2 rings (SSSR count). The minimum absolute atomic E-state index is 0.148. The van der Waals surface area contributed by atoms with Crippen LogP contribution in [0.3, 0.4) is 0 Å². The zero-order valence-corrected chi connectivity index (χ0v) is 12.8. The summed E-state index contributed by atoms with van der Waals surface area (Å²) in [6, 6.07) is 6.65. The smallest absolute Gasteiger partial charge is 0.211 e. The van der Waals surface area contributed by atoms with Crippen molar-refractivity contribution in [3.05, 3.63) is 29.3 Å². The van der Waals surface area contributed by atoms with E-state index in [1.807, 2.05) is 6.07 Å². The average Bonchev–Trinajstić information content (AvgIpc) is 2.38. The summed E-state index contributed by atoms with van der Waals surface area (Å²) in [6.45, 7) is 4.36. The van der Waals surface area contributed by atoms with Crippen LogP contribution in [0.15, 0.2) is 23.1 Å². The number of rotatable bonds is 5. The fourth-order valence-corrected chi connectivity index (χ4v) is 3.83. The summed E-state index contributed by atoms with van der Waals surface area (Å²) in [4.78, 5) is 0.236. The van der Waals surface area contributed by atoms with Crippen LogP contribution in [0.5, 0.6) is 0 Å². The van der Waals surface area contributed by atoms with E-state index >= 15 is 0 Å². The van der Waals surface area contributed by atoms with Crippen molar-refractivity contribution in [2.75, 3.05) is 6.54 Å². The highest BCUT2D eigenvalue weighted by molar-refractivity contribution is 7.89. The van der Waals surface area contributed by atoms with Gasteiger partial charge in [-0.3, -0.25) is 0 Å². The number of nitrogens with one attached hydrogen (secondary N) is 1. The van der Waals surface area contributed by atoms with Crippen LogP contribution in [0.1, 0.15) is 43.7 Å². The molecule has 1 aromatic carbocycles. The Bertz CT molecular complexity index is 635. The van der Waals surface area contributed by atoms with E-state index < -0.39 is 10.0 Å².